The van der Waals surface area contributed by atoms with Crippen LogP contribution in [-0.4, -0.2) is 47.2 Å². The molecule has 1 fully saturated rings. The molecule has 2 unspecified atom stereocenters. The van der Waals surface area contributed by atoms with Crippen molar-refractivity contribution in [2.45, 2.75) is 25.2 Å². The van der Waals surface area contributed by atoms with Gasteiger partial charge in [0, 0.05) is 6.54 Å². The summed E-state index contributed by atoms with van der Waals surface area (Å²) in [5.74, 6) is 0. The summed E-state index contributed by atoms with van der Waals surface area (Å²) in [5, 5.41) is 15.0. The van der Waals surface area contributed by atoms with E-state index in [2.05, 4.69) is 10.2 Å². The molecule has 0 radical (unpaired) electrons. The second-order valence-electron chi connectivity index (χ2n) is 4.03. The third-order valence-electron chi connectivity index (χ3n) is 2.61. The van der Waals surface area contributed by atoms with Gasteiger partial charge in [0.1, 0.15) is 0 Å². The van der Waals surface area contributed by atoms with Crippen LogP contribution in [0.4, 0.5) is 18.3 Å². The third kappa shape index (κ3) is 2.73. The predicted octanol–water partition coefficient (Wildman–Crippen LogP) is 1.14. The van der Waals surface area contributed by atoms with Crippen molar-refractivity contribution in [1.82, 2.24) is 10.2 Å². The van der Waals surface area contributed by atoms with Gasteiger partial charge >= 0.3 is 6.18 Å². The lowest BCUT2D eigenvalue weighted by atomic mass is 10.2. The molecule has 0 amide bonds. The second kappa shape index (κ2) is 4.98. The number of ether oxygens (including phenoxy) is 1. The highest BCUT2D eigenvalue weighted by Crippen LogP contribution is 2.35. The van der Waals surface area contributed by atoms with Gasteiger partial charge in [-0.1, -0.05) is 11.3 Å². The number of morpholine rings is 1. The molecule has 0 aliphatic carbocycles. The Hall–Kier alpha value is -0.930. The van der Waals surface area contributed by atoms with Crippen LogP contribution in [0.1, 0.15) is 11.9 Å². The highest BCUT2D eigenvalue weighted by Gasteiger charge is 2.37. The molecular formula is C9H12F3N3O2S. The lowest BCUT2D eigenvalue weighted by molar-refractivity contribution is -0.138. The van der Waals surface area contributed by atoms with Crippen LogP contribution in [0.5, 0.6) is 0 Å². The molecule has 0 aromatic carbocycles. The van der Waals surface area contributed by atoms with Crippen molar-refractivity contribution < 1.29 is 23.0 Å². The number of halogens is 3. The minimum absolute atomic E-state index is 0.0955. The molecule has 1 saturated heterocycles. The van der Waals surface area contributed by atoms with Gasteiger partial charge in [-0.2, -0.15) is 13.2 Å². The van der Waals surface area contributed by atoms with Crippen LogP contribution in [0, 0.1) is 0 Å². The highest BCUT2D eigenvalue weighted by molar-refractivity contribution is 7.15. The summed E-state index contributed by atoms with van der Waals surface area (Å²) in [5.41, 5.74) is 0. The largest absolute Gasteiger partial charge is 0.445 e. The standard InChI is InChI=1S/C9H12F3N3O2S/c1-5-4-17-6(3-16)2-15(5)8-14-13-7(18-8)9(10,11)12/h5-6,16H,2-4H2,1H3. The summed E-state index contributed by atoms with van der Waals surface area (Å²) in [6.45, 7) is 2.30. The smallest absolute Gasteiger partial charge is 0.394 e. The van der Waals surface area contributed by atoms with E-state index in [9.17, 15) is 13.2 Å². The van der Waals surface area contributed by atoms with E-state index in [1.165, 1.54) is 0 Å². The van der Waals surface area contributed by atoms with Crippen LogP contribution in [0.2, 0.25) is 0 Å². The zero-order valence-corrected chi connectivity index (χ0v) is 10.3. The van der Waals surface area contributed by atoms with Crippen molar-refractivity contribution in [3.05, 3.63) is 5.01 Å². The summed E-state index contributed by atoms with van der Waals surface area (Å²) >= 11 is 0.504. The number of nitrogens with zero attached hydrogens (tertiary/aromatic N) is 3. The maximum atomic E-state index is 12.4. The summed E-state index contributed by atoms with van der Waals surface area (Å²) in [6.07, 6.45) is -4.87. The molecule has 102 valence electrons. The Balaban J connectivity index is 2.17. The summed E-state index contributed by atoms with van der Waals surface area (Å²) in [4.78, 5) is 1.68. The zero-order chi connectivity index (χ0) is 13.3. The zero-order valence-electron chi connectivity index (χ0n) is 9.52. The minimum Gasteiger partial charge on any atom is -0.394 e. The Bertz CT molecular complexity index is 412. The van der Waals surface area contributed by atoms with Gasteiger partial charge in [0.05, 0.1) is 25.4 Å². The number of aliphatic hydroxyl groups is 1. The van der Waals surface area contributed by atoms with Gasteiger partial charge < -0.3 is 14.7 Å². The number of rotatable bonds is 2. The van der Waals surface area contributed by atoms with Crippen molar-refractivity contribution in [3.63, 3.8) is 0 Å². The van der Waals surface area contributed by atoms with E-state index >= 15 is 0 Å². The van der Waals surface area contributed by atoms with E-state index in [1.807, 2.05) is 6.92 Å². The van der Waals surface area contributed by atoms with Gasteiger partial charge in [0.2, 0.25) is 10.1 Å². The average Bonchev–Trinajstić information content (AvgIpc) is 2.78. The fraction of sp³-hybridized carbons (Fsp3) is 0.778. The molecule has 2 heterocycles. The van der Waals surface area contributed by atoms with Crippen molar-refractivity contribution in [2.24, 2.45) is 0 Å². The fourth-order valence-electron chi connectivity index (χ4n) is 1.64. The minimum atomic E-state index is -4.47. The van der Waals surface area contributed by atoms with Crippen molar-refractivity contribution >= 4 is 16.5 Å². The normalized spacial score (nSPS) is 25.5. The van der Waals surface area contributed by atoms with E-state index in [0.717, 1.165) is 0 Å². The number of aliphatic hydroxyl groups excluding tert-OH is 1. The predicted molar refractivity (Wildman–Crippen MR) is 58.5 cm³/mol. The molecule has 18 heavy (non-hydrogen) atoms. The van der Waals surface area contributed by atoms with Crippen molar-refractivity contribution in [2.75, 3.05) is 24.7 Å². The lowest BCUT2D eigenvalue weighted by Gasteiger charge is -2.36. The first-order valence-corrected chi connectivity index (χ1v) is 6.13. The Labute approximate surface area is 105 Å². The molecule has 1 aromatic heterocycles. The molecule has 1 aliphatic rings. The number of hydrogen-bond acceptors (Lipinski definition) is 6. The topological polar surface area (TPSA) is 58.5 Å². The van der Waals surface area contributed by atoms with Crippen LogP contribution in [0.15, 0.2) is 0 Å². The molecule has 1 aromatic rings. The third-order valence-corrected chi connectivity index (χ3v) is 3.62. The maximum Gasteiger partial charge on any atom is 0.445 e. The Morgan fingerprint density at radius 1 is 1.50 bits per heavy atom. The molecule has 0 bridgehead atoms. The van der Waals surface area contributed by atoms with E-state index in [0.29, 0.717) is 24.5 Å². The van der Waals surface area contributed by atoms with E-state index in [1.54, 1.807) is 4.90 Å². The average molecular weight is 283 g/mol. The van der Waals surface area contributed by atoms with E-state index in [4.69, 9.17) is 9.84 Å². The molecular weight excluding hydrogens is 271 g/mol. The van der Waals surface area contributed by atoms with Crippen molar-refractivity contribution in [1.29, 1.82) is 0 Å². The monoisotopic (exact) mass is 283 g/mol. The Morgan fingerprint density at radius 3 is 2.78 bits per heavy atom. The molecule has 1 aliphatic heterocycles. The van der Waals surface area contributed by atoms with Gasteiger partial charge in [0.25, 0.3) is 0 Å². The summed E-state index contributed by atoms with van der Waals surface area (Å²) in [7, 11) is 0. The SMILES string of the molecule is CC1COC(CO)CN1c1nnc(C(F)(F)F)s1. The fourth-order valence-corrected chi connectivity index (χ4v) is 2.46. The Kier molecular flexibility index (Phi) is 3.74. The van der Waals surface area contributed by atoms with Gasteiger partial charge in [-0.25, -0.2) is 0 Å². The first-order valence-electron chi connectivity index (χ1n) is 5.31. The molecule has 2 rings (SSSR count). The molecule has 9 heteroatoms. The molecule has 1 N–H and O–H groups in total. The second-order valence-corrected chi connectivity index (χ2v) is 4.98. The Morgan fingerprint density at radius 2 is 2.22 bits per heavy atom. The molecule has 0 saturated carbocycles. The number of hydrogen-bond donors (Lipinski definition) is 1. The highest BCUT2D eigenvalue weighted by atomic mass is 32.1. The first kappa shape index (κ1) is 13.5. The van der Waals surface area contributed by atoms with Crippen LogP contribution in [0.25, 0.3) is 0 Å². The maximum absolute atomic E-state index is 12.4. The van der Waals surface area contributed by atoms with Crippen LogP contribution in [-0.2, 0) is 10.9 Å². The van der Waals surface area contributed by atoms with Gasteiger partial charge in [-0.15, -0.1) is 10.2 Å². The molecule has 0 spiro atoms. The van der Waals surface area contributed by atoms with Gasteiger partial charge in [0.15, 0.2) is 0 Å². The van der Waals surface area contributed by atoms with Gasteiger partial charge in [-0.05, 0) is 6.92 Å². The van der Waals surface area contributed by atoms with Gasteiger partial charge in [-0.3, -0.25) is 0 Å². The van der Waals surface area contributed by atoms with Crippen LogP contribution in [0.3, 0.4) is 0 Å². The molecule has 5 nitrogen and oxygen atoms in total. The summed E-state index contributed by atoms with van der Waals surface area (Å²) < 4.78 is 42.6. The van der Waals surface area contributed by atoms with Crippen LogP contribution >= 0.6 is 11.3 Å². The number of alkyl halides is 3. The first-order chi connectivity index (χ1) is 8.41. The van der Waals surface area contributed by atoms with Crippen molar-refractivity contribution in [3.8, 4) is 0 Å². The summed E-state index contributed by atoms with van der Waals surface area (Å²) in [6, 6.07) is -0.0955. The number of aromatic nitrogens is 2. The van der Waals surface area contributed by atoms with Crippen LogP contribution < -0.4 is 4.90 Å². The van der Waals surface area contributed by atoms with E-state index < -0.39 is 17.3 Å². The van der Waals surface area contributed by atoms with E-state index in [-0.39, 0.29) is 17.8 Å². The number of anilines is 1. The molecule has 2 atom stereocenters. The quantitative estimate of drug-likeness (QED) is 0.882. The lowest BCUT2D eigenvalue weighted by Crippen LogP contribution is -2.49.